The summed E-state index contributed by atoms with van der Waals surface area (Å²) in [5.74, 6) is -5.57. The van der Waals surface area contributed by atoms with Crippen LogP contribution in [0.5, 0.6) is 0 Å². The Bertz CT molecular complexity index is 1160. The predicted molar refractivity (Wildman–Crippen MR) is 134 cm³/mol. The lowest BCUT2D eigenvalue weighted by atomic mass is 10.0. The Labute approximate surface area is 217 Å². The first kappa shape index (κ1) is 30.2. The van der Waals surface area contributed by atoms with E-state index in [1.54, 1.807) is 30.5 Å². The molecule has 0 bridgehead atoms. The number of rotatable bonds is 14. The molecule has 10 N–H and O–H groups in total. The highest BCUT2D eigenvalue weighted by molar-refractivity contribution is 5.95. The van der Waals surface area contributed by atoms with Crippen molar-refractivity contribution in [3.05, 3.63) is 36.0 Å². The Morgan fingerprint density at radius 2 is 1.53 bits per heavy atom. The third-order valence-electron chi connectivity index (χ3n) is 5.88. The SMILES string of the molecule is CC(O)C(N)C(=O)NC(CCC(=O)O)C(=O)NC(C(=O)NC(Cc1c[nH]c2ccccc12)C(=O)O)C(C)O. The summed E-state index contributed by atoms with van der Waals surface area (Å²) >= 11 is 0. The van der Waals surface area contributed by atoms with Crippen molar-refractivity contribution in [2.75, 3.05) is 0 Å². The number of nitrogens with one attached hydrogen (secondary N) is 4. The van der Waals surface area contributed by atoms with Gasteiger partial charge in [0.25, 0.3) is 0 Å². The van der Waals surface area contributed by atoms with E-state index < -0.39 is 72.5 Å². The number of aromatic nitrogens is 1. The number of H-pyrrole nitrogens is 1. The minimum Gasteiger partial charge on any atom is -0.481 e. The number of nitrogens with two attached hydrogens (primary N) is 1. The highest BCUT2D eigenvalue weighted by Crippen LogP contribution is 2.19. The fourth-order valence-corrected chi connectivity index (χ4v) is 3.66. The molecule has 1 aromatic carbocycles. The molecule has 1 heterocycles. The zero-order valence-electron chi connectivity index (χ0n) is 20.9. The molecule has 6 atom stereocenters. The Morgan fingerprint density at radius 3 is 2.11 bits per heavy atom. The first-order chi connectivity index (χ1) is 17.8. The third-order valence-corrected chi connectivity index (χ3v) is 5.88. The van der Waals surface area contributed by atoms with Crippen molar-refractivity contribution in [3.8, 4) is 0 Å². The van der Waals surface area contributed by atoms with Crippen LogP contribution in [0.2, 0.25) is 0 Å². The second-order valence-corrected chi connectivity index (χ2v) is 8.95. The maximum absolute atomic E-state index is 12.9. The number of aliphatic hydroxyl groups is 2. The van der Waals surface area contributed by atoms with Crippen molar-refractivity contribution in [1.82, 2.24) is 20.9 Å². The Kier molecular flexibility index (Phi) is 10.7. The van der Waals surface area contributed by atoms with Gasteiger partial charge in [0.15, 0.2) is 0 Å². The van der Waals surface area contributed by atoms with E-state index in [0.717, 1.165) is 10.9 Å². The number of hydrogen-bond donors (Lipinski definition) is 9. The molecular formula is C24H33N5O9. The third kappa shape index (κ3) is 8.26. The molecule has 38 heavy (non-hydrogen) atoms. The number of para-hydroxylation sites is 1. The van der Waals surface area contributed by atoms with Gasteiger partial charge in [-0.15, -0.1) is 0 Å². The van der Waals surface area contributed by atoms with Crippen LogP contribution in [0.25, 0.3) is 10.9 Å². The van der Waals surface area contributed by atoms with Crippen LogP contribution >= 0.6 is 0 Å². The number of aliphatic hydroxyl groups excluding tert-OH is 2. The zero-order chi connectivity index (χ0) is 28.6. The molecule has 0 radical (unpaired) electrons. The van der Waals surface area contributed by atoms with E-state index in [0.29, 0.717) is 5.56 Å². The molecular weight excluding hydrogens is 502 g/mol. The first-order valence-electron chi connectivity index (χ1n) is 11.8. The number of amides is 3. The van der Waals surface area contributed by atoms with Crippen molar-refractivity contribution in [2.45, 2.75) is 69.5 Å². The van der Waals surface area contributed by atoms with E-state index >= 15 is 0 Å². The van der Waals surface area contributed by atoms with Gasteiger partial charge in [0.2, 0.25) is 17.7 Å². The Hall–Kier alpha value is -4.01. The molecule has 14 heteroatoms. The number of benzene rings is 1. The van der Waals surface area contributed by atoms with Gasteiger partial charge in [0.1, 0.15) is 24.2 Å². The number of fused-ring (bicyclic) bond motifs is 1. The number of aromatic amines is 1. The highest BCUT2D eigenvalue weighted by atomic mass is 16.4. The molecule has 0 aliphatic heterocycles. The van der Waals surface area contributed by atoms with Gasteiger partial charge in [-0.1, -0.05) is 18.2 Å². The molecule has 208 valence electrons. The quantitative estimate of drug-likeness (QED) is 0.131. The topological polar surface area (TPSA) is 244 Å². The van der Waals surface area contributed by atoms with Gasteiger partial charge in [0.05, 0.1) is 12.2 Å². The van der Waals surface area contributed by atoms with Crippen LogP contribution in [0.15, 0.2) is 30.5 Å². The molecule has 0 fully saturated rings. The van der Waals surface area contributed by atoms with Gasteiger partial charge in [-0.05, 0) is 31.9 Å². The molecule has 2 rings (SSSR count). The van der Waals surface area contributed by atoms with Gasteiger partial charge < -0.3 is 47.1 Å². The normalized spacial score (nSPS) is 15.9. The van der Waals surface area contributed by atoms with Crippen molar-refractivity contribution in [1.29, 1.82) is 0 Å². The summed E-state index contributed by atoms with van der Waals surface area (Å²) in [6.07, 6.45) is -2.14. The van der Waals surface area contributed by atoms with E-state index in [1.807, 2.05) is 0 Å². The summed E-state index contributed by atoms with van der Waals surface area (Å²) < 4.78 is 0. The minimum atomic E-state index is -1.64. The molecule has 0 saturated carbocycles. The van der Waals surface area contributed by atoms with Crippen LogP contribution in [0.4, 0.5) is 0 Å². The number of aliphatic carboxylic acids is 2. The Morgan fingerprint density at radius 1 is 0.895 bits per heavy atom. The second kappa shape index (κ2) is 13.5. The van der Waals surface area contributed by atoms with E-state index in [1.165, 1.54) is 13.8 Å². The van der Waals surface area contributed by atoms with E-state index in [9.17, 15) is 39.3 Å². The molecule has 0 saturated heterocycles. The second-order valence-electron chi connectivity index (χ2n) is 8.95. The average Bonchev–Trinajstić information content (AvgIpc) is 3.25. The lowest BCUT2D eigenvalue weighted by molar-refractivity contribution is -0.143. The van der Waals surface area contributed by atoms with Crippen LogP contribution in [-0.2, 0) is 30.4 Å². The van der Waals surface area contributed by atoms with Crippen molar-refractivity contribution < 1.29 is 44.4 Å². The number of carbonyl (C=O) groups is 5. The zero-order valence-corrected chi connectivity index (χ0v) is 20.9. The molecule has 0 aliphatic rings. The maximum atomic E-state index is 12.9. The predicted octanol–water partition coefficient (Wildman–Crippen LogP) is -1.80. The molecule has 6 unspecified atom stereocenters. The smallest absolute Gasteiger partial charge is 0.326 e. The number of carboxylic acid groups (broad SMARTS) is 2. The average molecular weight is 536 g/mol. The molecule has 14 nitrogen and oxygen atoms in total. The standard InChI is InChI=1S/C24H33N5O9/c1-11(30)19(25)22(35)27-16(7-8-18(32)33)21(34)29-20(12(2)31)23(36)28-17(24(37)38)9-13-10-26-15-6-4-3-5-14(13)15/h3-6,10-12,16-17,19-20,26,30-31H,7-9,25H2,1-2H3,(H,27,35)(H,28,36)(H,29,34)(H,32,33)(H,37,38). The Balaban J connectivity index is 2.17. The van der Waals surface area contributed by atoms with E-state index in [2.05, 4.69) is 20.9 Å². The molecule has 1 aromatic heterocycles. The lowest BCUT2D eigenvalue weighted by Crippen LogP contribution is -2.60. The number of hydrogen-bond acceptors (Lipinski definition) is 8. The fraction of sp³-hybridized carbons (Fsp3) is 0.458. The largest absolute Gasteiger partial charge is 0.481 e. The summed E-state index contributed by atoms with van der Waals surface area (Å²) in [4.78, 5) is 64.0. The highest BCUT2D eigenvalue weighted by Gasteiger charge is 2.33. The molecule has 0 aliphatic carbocycles. The molecule has 3 amide bonds. The minimum absolute atomic E-state index is 0.0971. The monoisotopic (exact) mass is 535 g/mol. The van der Waals surface area contributed by atoms with Crippen LogP contribution in [-0.4, -0.2) is 91.4 Å². The van der Waals surface area contributed by atoms with Gasteiger partial charge >= 0.3 is 11.9 Å². The van der Waals surface area contributed by atoms with Crippen LogP contribution in [0.1, 0.15) is 32.3 Å². The summed E-state index contributed by atoms with van der Waals surface area (Å²) in [7, 11) is 0. The summed E-state index contributed by atoms with van der Waals surface area (Å²) in [5, 5.41) is 45.9. The van der Waals surface area contributed by atoms with Crippen LogP contribution in [0.3, 0.4) is 0 Å². The summed E-state index contributed by atoms with van der Waals surface area (Å²) in [6, 6.07) is 1.24. The first-order valence-corrected chi connectivity index (χ1v) is 11.8. The van der Waals surface area contributed by atoms with Gasteiger partial charge in [-0.25, -0.2) is 4.79 Å². The van der Waals surface area contributed by atoms with Gasteiger partial charge in [-0.3, -0.25) is 19.2 Å². The van der Waals surface area contributed by atoms with Crippen LogP contribution < -0.4 is 21.7 Å². The maximum Gasteiger partial charge on any atom is 0.326 e. The number of carbonyl (C=O) groups excluding carboxylic acids is 3. The lowest BCUT2D eigenvalue weighted by Gasteiger charge is -2.26. The van der Waals surface area contributed by atoms with Crippen molar-refractivity contribution in [3.63, 3.8) is 0 Å². The van der Waals surface area contributed by atoms with E-state index in [-0.39, 0.29) is 12.8 Å². The molecule has 0 spiro atoms. The summed E-state index contributed by atoms with van der Waals surface area (Å²) in [5.41, 5.74) is 6.96. The fourth-order valence-electron chi connectivity index (χ4n) is 3.66. The van der Waals surface area contributed by atoms with E-state index in [4.69, 9.17) is 10.8 Å². The van der Waals surface area contributed by atoms with Crippen LogP contribution in [0, 0.1) is 0 Å². The van der Waals surface area contributed by atoms with Gasteiger partial charge in [-0.2, -0.15) is 0 Å². The summed E-state index contributed by atoms with van der Waals surface area (Å²) in [6.45, 7) is 2.44. The van der Waals surface area contributed by atoms with Gasteiger partial charge in [0, 0.05) is 29.9 Å². The van der Waals surface area contributed by atoms with Crippen molar-refractivity contribution in [2.24, 2.45) is 5.73 Å². The number of carboxylic acids is 2. The molecule has 2 aromatic rings. The van der Waals surface area contributed by atoms with Crippen molar-refractivity contribution >= 4 is 40.6 Å².